The monoisotopic (exact) mass is 349 g/mol. The summed E-state index contributed by atoms with van der Waals surface area (Å²) < 4.78 is 14.2. The number of benzene rings is 1. The molecule has 24 heavy (non-hydrogen) atoms. The maximum Gasteiger partial charge on any atom is 0.228 e. The van der Waals surface area contributed by atoms with Gasteiger partial charge in [0.2, 0.25) is 5.91 Å². The predicted octanol–water partition coefficient (Wildman–Crippen LogP) is 3.99. The number of hydrogen-bond donors (Lipinski definition) is 2. The Hall–Kier alpha value is -1.98. The molecule has 1 saturated carbocycles. The lowest BCUT2D eigenvalue weighted by molar-refractivity contribution is -0.117. The van der Waals surface area contributed by atoms with E-state index in [9.17, 15) is 9.18 Å². The van der Waals surface area contributed by atoms with Crippen molar-refractivity contribution in [3.8, 4) is 11.1 Å². The van der Waals surface area contributed by atoms with Gasteiger partial charge in [0.15, 0.2) is 0 Å². The second kappa shape index (κ2) is 7.28. The first kappa shape index (κ1) is 18.4. The molecule has 1 aromatic carbocycles. The molecular weight excluding hydrogens is 329 g/mol. The molecule has 0 saturated heterocycles. The third kappa shape index (κ3) is 3.91. The van der Waals surface area contributed by atoms with Crippen LogP contribution in [0.1, 0.15) is 36.9 Å². The lowest BCUT2D eigenvalue weighted by Crippen LogP contribution is -2.14. The molecule has 1 aliphatic carbocycles. The van der Waals surface area contributed by atoms with Gasteiger partial charge in [0.1, 0.15) is 11.6 Å². The summed E-state index contributed by atoms with van der Waals surface area (Å²) in [7, 11) is 0. The number of nitrogens with two attached hydrogens (primary N) is 1. The van der Waals surface area contributed by atoms with E-state index in [-0.39, 0.29) is 30.3 Å². The first-order valence-corrected chi connectivity index (χ1v) is 7.78. The number of hydrogen-bond acceptors (Lipinski definition) is 3. The van der Waals surface area contributed by atoms with Gasteiger partial charge in [0.05, 0.1) is 6.20 Å². The Kier molecular flexibility index (Phi) is 5.57. The zero-order chi connectivity index (χ0) is 16.6. The fraction of sp³-hybridized carbons (Fsp3) is 0.333. The van der Waals surface area contributed by atoms with E-state index in [1.165, 1.54) is 0 Å². The van der Waals surface area contributed by atoms with E-state index >= 15 is 0 Å². The number of nitrogens with one attached hydrogen (secondary N) is 1. The number of amides is 1. The molecule has 0 radical (unpaired) electrons. The van der Waals surface area contributed by atoms with E-state index in [4.69, 9.17) is 5.73 Å². The molecule has 1 fully saturated rings. The van der Waals surface area contributed by atoms with Gasteiger partial charge in [-0.25, -0.2) is 9.37 Å². The number of nitrogens with zero attached hydrogens (tertiary/aromatic N) is 1. The number of aryl methyl sites for hydroxylation is 1. The van der Waals surface area contributed by atoms with Gasteiger partial charge in [-0.15, -0.1) is 12.4 Å². The van der Waals surface area contributed by atoms with Crippen molar-refractivity contribution < 1.29 is 9.18 Å². The molecule has 128 valence electrons. The highest BCUT2D eigenvalue weighted by Gasteiger charge is 2.29. The summed E-state index contributed by atoms with van der Waals surface area (Å²) in [6.45, 7) is 3.87. The Morgan fingerprint density at radius 3 is 2.67 bits per heavy atom. The largest absolute Gasteiger partial charge is 0.324 e. The minimum atomic E-state index is -0.414. The SMILES string of the molecule is Cc1cc(-c2cc(NC(=O)C3CC3)ncc2F)ccc1C(C)N.Cl. The van der Waals surface area contributed by atoms with Gasteiger partial charge in [0, 0.05) is 17.5 Å². The van der Waals surface area contributed by atoms with Gasteiger partial charge < -0.3 is 11.1 Å². The van der Waals surface area contributed by atoms with Gasteiger partial charge in [-0.2, -0.15) is 0 Å². The quantitative estimate of drug-likeness (QED) is 0.877. The van der Waals surface area contributed by atoms with Crippen LogP contribution in [0.25, 0.3) is 11.1 Å². The van der Waals surface area contributed by atoms with Crippen molar-refractivity contribution in [1.29, 1.82) is 0 Å². The van der Waals surface area contributed by atoms with Crippen molar-refractivity contribution in [2.24, 2.45) is 11.7 Å². The second-order valence-corrected chi connectivity index (χ2v) is 6.17. The zero-order valence-electron chi connectivity index (χ0n) is 13.7. The molecule has 1 heterocycles. The normalized spacial score (nSPS) is 14.7. The van der Waals surface area contributed by atoms with E-state index in [1.54, 1.807) is 6.07 Å². The van der Waals surface area contributed by atoms with Crippen LogP contribution in [0.15, 0.2) is 30.5 Å². The van der Waals surface area contributed by atoms with E-state index < -0.39 is 5.82 Å². The maximum absolute atomic E-state index is 14.2. The average Bonchev–Trinajstić information content (AvgIpc) is 3.33. The molecule has 1 aliphatic rings. The summed E-state index contributed by atoms with van der Waals surface area (Å²) in [5.74, 6) is 0.00556. The van der Waals surface area contributed by atoms with Crippen molar-refractivity contribution in [1.82, 2.24) is 4.98 Å². The van der Waals surface area contributed by atoms with Crippen molar-refractivity contribution in [3.05, 3.63) is 47.4 Å². The van der Waals surface area contributed by atoms with Gasteiger partial charge in [-0.3, -0.25) is 4.79 Å². The molecule has 1 amide bonds. The minimum absolute atomic E-state index is 0. The van der Waals surface area contributed by atoms with E-state index in [0.717, 1.165) is 35.7 Å². The molecule has 0 aliphatic heterocycles. The van der Waals surface area contributed by atoms with Crippen molar-refractivity contribution in [2.75, 3.05) is 5.32 Å². The van der Waals surface area contributed by atoms with Gasteiger partial charge in [-0.1, -0.05) is 18.2 Å². The summed E-state index contributed by atoms with van der Waals surface area (Å²) in [5, 5.41) is 2.75. The number of aromatic nitrogens is 1. The Balaban J connectivity index is 0.00000208. The number of pyridine rings is 1. The highest BCUT2D eigenvalue weighted by atomic mass is 35.5. The topological polar surface area (TPSA) is 68.0 Å². The lowest BCUT2D eigenvalue weighted by Gasteiger charge is -2.13. The summed E-state index contributed by atoms with van der Waals surface area (Å²) in [5.41, 5.74) is 9.12. The van der Waals surface area contributed by atoms with Crippen LogP contribution >= 0.6 is 12.4 Å². The Labute approximate surface area is 147 Å². The van der Waals surface area contributed by atoms with Crippen LogP contribution in [0.3, 0.4) is 0 Å². The number of carbonyl (C=O) groups excluding carboxylic acids is 1. The van der Waals surface area contributed by atoms with Crippen molar-refractivity contribution >= 4 is 24.1 Å². The van der Waals surface area contributed by atoms with Crippen molar-refractivity contribution in [2.45, 2.75) is 32.7 Å². The van der Waals surface area contributed by atoms with Crippen LogP contribution in [0.2, 0.25) is 0 Å². The van der Waals surface area contributed by atoms with Crippen LogP contribution in [0.5, 0.6) is 0 Å². The van der Waals surface area contributed by atoms with E-state index in [2.05, 4.69) is 10.3 Å². The fourth-order valence-corrected chi connectivity index (χ4v) is 2.66. The summed E-state index contributed by atoms with van der Waals surface area (Å²) in [6, 6.07) is 7.17. The number of halogens is 2. The molecule has 0 spiro atoms. The number of carbonyl (C=O) groups is 1. The highest BCUT2D eigenvalue weighted by Crippen LogP contribution is 2.31. The fourth-order valence-electron chi connectivity index (χ4n) is 2.66. The summed E-state index contributed by atoms with van der Waals surface area (Å²) in [6.07, 6.45) is 2.97. The second-order valence-electron chi connectivity index (χ2n) is 6.17. The van der Waals surface area contributed by atoms with Crippen LogP contribution in [-0.4, -0.2) is 10.9 Å². The van der Waals surface area contributed by atoms with Gasteiger partial charge >= 0.3 is 0 Å². The van der Waals surface area contributed by atoms with Crippen LogP contribution in [0.4, 0.5) is 10.2 Å². The third-order valence-electron chi connectivity index (χ3n) is 4.13. The van der Waals surface area contributed by atoms with E-state index in [1.807, 2.05) is 32.0 Å². The van der Waals surface area contributed by atoms with Crippen molar-refractivity contribution in [3.63, 3.8) is 0 Å². The predicted molar refractivity (Wildman–Crippen MR) is 95.6 cm³/mol. The number of rotatable bonds is 4. The van der Waals surface area contributed by atoms with Crippen LogP contribution in [0, 0.1) is 18.7 Å². The first-order valence-electron chi connectivity index (χ1n) is 7.78. The molecule has 3 rings (SSSR count). The molecule has 1 atom stereocenters. The molecule has 1 aromatic heterocycles. The Morgan fingerprint density at radius 1 is 1.38 bits per heavy atom. The minimum Gasteiger partial charge on any atom is -0.324 e. The number of anilines is 1. The van der Waals surface area contributed by atoms with Gasteiger partial charge in [-0.05, 0) is 49.4 Å². The Morgan fingerprint density at radius 2 is 2.08 bits per heavy atom. The summed E-state index contributed by atoms with van der Waals surface area (Å²) >= 11 is 0. The molecule has 0 bridgehead atoms. The van der Waals surface area contributed by atoms with Gasteiger partial charge in [0.25, 0.3) is 0 Å². The summed E-state index contributed by atoms with van der Waals surface area (Å²) in [4.78, 5) is 15.8. The molecule has 4 nitrogen and oxygen atoms in total. The molecule has 3 N–H and O–H groups in total. The maximum atomic E-state index is 14.2. The van der Waals surface area contributed by atoms with Crippen LogP contribution < -0.4 is 11.1 Å². The molecule has 6 heteroatoms. The highest BCUT2D eigenvalue weighted by molar-refractivity contribution is 5.93. The first-order chi connectivity index (χ1) is 11.0. The third-order valence-corrected chi connectivity index (χ3v) is 4.13. The molecular formula is C18H21ClFN3O. The zero-order valence-corrected chi connectivity index (χ0v) is 14.5. The lowest BCUT2D eigenvalue weighted by atomic mass is 9.97. The molecule has 1 unspecified atom stereocenters. The molecule has 2 aromatic rings. The van der Waals surface area contributed by atoms with E-state index in [0.29, 0.717) is 11.4 Å². The smallest absolute Gasteiger partial charge is 0.228 e. The Bertz CT molecular complexity index is 760. The standard InChI is InChI=1S/C18H20FN3O.ClH/c1-10-7-13(5-6-14(10)11(2)20)15-8-17(21-9-16(15)19)22-18(23)12-3-4-12;/h5-9,11-12H,3-4,20H2,1-2H3,(H,21,22,23);1H. The average molecular weight is 350 g/mol. The van der Waals surface area contributed by atoms with Crippen LogP contribution in [-0.2, 0) is 4.79 Å².